The van der Waals surface area contributed by atoms with E-state index in [1.807, 2.05) is 6.07 Å². The van der Waals surface area contributed by atoms with Gasteiger partial charge in [-0.15, -0.1) is 0 Å². The fourth-order valence-electron chi connectivity index (χ4n) is 4.50. The first-order chi connectivity index (χ1) is 15.2. The van der Waals surface area contributed by atoms with E-state index in [1.165, 1.54) is 0 Å². The zero-order chi connectivity index (χ0) is 22.8. The van der Waals surface area contributed by atoms with Crippen LogP contribution in [0.5, 0.6) is 5.75 Å². The van der Waals surface area contributed by atoms with Gasteiger partial charge < -0.3 is 19.5 Å². The van der Waals surface area contributed by atoms with Gasteiger partial charge in [0.15, 0.2) is 5.60 Å². The van der Waals surface area contributed by atoms with Crippen LogP contribution in [-0.4, -0.2) is 31.0 Å². The average Bonchev–Trinajstić information content (AvgIpc) is 3.12. The van der Waals surface area contributed by atoms with Gasteiger partial charge in [-0.2, -0.15) is 11.8 Å². The summed E-state index contributed by atoms with van der Waals surface area (Å²) in [5, 5.41) is 22.7. The van der Waals surface area contributed by atoms with E-state index >= 15 is 0 Å². The number of phenolic OH excluding ortho intramolecular Hbond substituents is 1. The quantitative estimate of drug-likeness (QED) is 0.458. The van der Waals surface area contributed by atoms with E-state index in [0.717, 1.165) is 22.0 Å². The zero-order valence-electron chi connectivity index (χ0n) is 18.1. The van der Waals surface area contributed by atoms with Crippen molar-refractivity contribution in [2.45, 2.75) is 56.9 Å². The number of nitrogens with zero attached hydrogens (tertiary/aromatic N) is 2. The van der Waals surface area contributed by atoms with Crippen LogP contribution < -0.4 is 5.56 Å². The Labute approximate surface area is 189 Å². The van der Waals surface area contributed by atoms with Crippen LogP contribution in [0.25, 0.3) is 22.3 Å². The van der Waals surface area contributed by atoms with E-state index in [0.29, 0.717) is 40.1 Å². The number of rotatable bonds is 4. The number of benzene rings is 1. The third kappa shape index (κ3) is 2.97. The predicted octanol–water partition coefficient (Wildman–Crippen LogP) is 3.43. The van der Waals surface area contributed by atoms with E-state index in [4.69, 9.17) is 9.72 Å². The number of fused-ring (bicyclic) bond motifs is 5. The first kappa shape index (κ1) is 21.0. The maximum absolute atomic E-state index is 13.3. The van der Waals surface area contributed by atoms with Crippen molar-refractivity contribution in [1.29, 1.82) is 0 Å². The summed E-state index contributed by atoms with van der Waals surface area (Å²) in [5.41, 5.74) is 2.16. The maximum Gasteiger partial charge on any atom is 0.343 e. The molecular formula is C24H24N2O5S. The Bertz CT molecular complexity index is 1350. The molecule has 5 rings (SSSR count). The topological polar surface area (TPSA) is 102 Å². The second-order valence-corrected chi connectivity index (χ2v) is 10.2. The van der Waals surface area contributed by atoms with Crippen LogP contribution in [0.15, 0.2) is 29.1 Å². The SMILES string of the molecule is CCC1(O)C(=O)OCc2c1cc1n(c2=O)Cc2cc3c(CSC(C)C)c(O)ccc3nc2-1. The molecule has 0 fully saturated rings. The molecule has 0 spiro atoms. The number of ether oxygens (including phenoxy) is 1. The van der Waals surface area contributed by atoms with Crippen LogP contribution in [0.2, 0.25) is 0 Å². The summed E-state index contributed by atoms with van der Waals surface area (Å²) in [6.07, 6.45) is 0.107. The highest BCUT2D eigenvalue weighted by Crippen LogP contribution is 2.40. The molecule has 1 atom stereocenters. The Hall–Kier alpha value is -2.84. The molecule has 0 amide bonds. The summed E-state index contributed by atoms with van der Waals surface area (Å²) in [7, 11) is 0. The summed E-state index contributed by atoms with van der Waals surface area (Å²) in [6.45, 7) is 6.10. The summed E-state index contributed by atoms with van der Waals surface area (Å²) in [5.74, 6) is 0.161. The molecule has 2 aliphatic rings. The molecule has 2 aliphatic heterocycles. The molecule has 1 aromatic carbocycles. The molecule has 0 radical (unpaired) electrons. The van der Waals surface area contributed by atoms with E-state index in [2.05, 4.69) is 13.8 Å². The maximum atomic E-state index is 13.3. The molecule has 0 saturated carbocycles. The van der Waals surface area contributed by atoms with Crippen LogP contribution >= 0.6 is 11.8 Å². The highest BCUT2D eigenvalue weighted by molar-refractivity contribution is 7.99. The van der Waals surface area contributed by atoms with Crippen molar-refractivity contribution in [2.24, 2.45) is 0 Å². The Morgan fingerprint density at radius 3 is 2.78 bits per heavy atom. The van der Waals surface area contributed by atoms with E-state index in [1.54, 1.807) is 41.5 Å². The van der Waals surface area contributed by atoms with E-state index in [9.17, 15) is 19.8 Å². The van der Waals surface area contributed by atoms with Crippen molar-refractivity contribution in [1.82, 2.24) is 9.55 Å². The third-order valence-electron chi connectivity index (χ3n) is 6.34. The second kappa shape index (κ2) is 7.35. The monoisotopic (exact) mass is 452 g/mol. The number of thioether (sulfide) groups is 1. The van der Waals surface area contributed by atoms with Crippen molar-refractivity contribution in [3.05, 3.63) is 56.9 Å². The molecule has 4 heterocycles. The minimum atomic E-state index is -1.84. The minimum absolute atomic E-state index is 0.107. The highest BCUT2D eigenvalue weighted by atomic mass is 32.2. The number of pyridine rings is 2. The molecule has 2 N–H and O–H groups in total. The average molecular weight is 453 g/mol. The van der Waals surface area contributed by atoms with Gasteiger partial charge in [-0.1, -0.05) is 20.8 Å². The van der Waals surface area contributed by atoms with Crippen LogP contribution in [0.3, 0.4) is 0 Å². The summed E-state index contributed by atoms with van der Waals surface area (Å²) in [6, 6.07) is 7.13. The molecule has 2 aromatic heterocycles. The number of aromatic nitrogens is 2. The number of carbonyl (C=O) groups excluding carboxylic acids is 1. The van der Waals surface area contributed by atoms with E-state index in [-0.39, 0.29) is 24.3 Å². The fraction of sp³-hybridized carbons (Fsp3) is 0.375. The normalized spacial score (nSPS) is 19.1. The summed E-state index contributed by atoms with van der Waals surface area (Å²) < 4.78 is 6.74. The van der Waals surface area contributed by atoms with Crippen LogP contribution in [0.1, 0.15) is 49.4 Å². The van der Waals surface area contributed by atoms with Crippen molar-refractivity contribution in [3.8, 4) is 17.1 Å². The highest BCUT2D eigenvalue weighted by Gasteiger charge is 2.45. The standard InChI is InChI=1S/C24H24N2O5S/c1-4-24(30)17-8-19-21-13(9-26(19)22(28)15(17)10-31-23(24)29)7-14-16(11-32-12(2)3)20(27)6-5-18(14)25-21/h5-8,12,27,30H,4,9-11H2,1-3H3. The van der Waals surface area contributed by atoms with Crippen LogP contribution in [0.4, 0.5) is 0 Å². The van der Waals surface area contributed by atoms with Gasteiger partial charge >= 0.3 is 5.97 Å². The van der Waals surface area contributed by atoms with Crippen molar-refractivity contribution in [3.63, 3.8) is 0 Å². The molecule has 0 aliphatic carbocycles. The van der Waals surface area contributed by atoms with E-state index < -0.39 is 11.6 Å². The Balaban J connectivity index is 1.70. The Kier molecular flexibility index (Phi) is 4.83. The third-order valence-corrected chi connectivity index (χ3v) is 7.46. The molecule has 32 heavy (non-hydrogen) atoms. The van der Waals surface area contributed by atoms with Gasteiger partial charge in [0.1, 0.15) is 12.4 Å². The first-order valence-electron chi connectivity index (χ1n) is 10.7. The molecule has 8 heteroatoms. The predicted molar refractivity (Wildman–Crippen MR) is 123 cm³/mol. The smallest absolute Gasteiger partial charge is 0.343 e. The van der Waals surface area contributed by atoms with Gasteiger partial charge in [-0.25, -0.2) is 9.78 Å². The lowest BCUT2D eigenvalue weighted by molar-refractivity contribution is -0.172. The lowest BCUT2D eigenvalue weighted by Crippen LogP contribution is -2.44. The minimum Gasteiger partial charge on any atom is -0.508 e. The first-order valence-corrected chi connectivity index (χ1v) is 11.7. The number of cyclic esters (lactones) is 1. The second-order valence-electron chi connectivity index (χ2n) is 8.59. The molecule has 3 aromatic rings. The number of carbonyl (C=O) groups is 1. The van der Waals surface area contributed by atoms with Crippen molar-refractivity contribution >= 4 is 28.6 Å². The number of aliphatic hydroxyl groups is 1. The molecule has 0 saturated heterocycles. The van der Waals surface area contributed by atoms with Gasteiger partial charge in [-0.05, 0) is 35.9 Å². The number of aromatic hydroxyl groups is 1. The van der Waals surface area contributed by atoms with Gasteiger partial charge in [0.2, 0.25) is 0 Å². The number of phenols is 1. The summed E-state index contributed by atoms with van der Waals surface area (Å²) in [4.78, 5) is 30.4. The van der Waals surface area contributed by atoms with Gasteiger partial charge in [0.05, 0.1) is 29.0 Å². The van der Waals surface area contributed by atoms with Gasteiger partial charge in [0.25, 0.3) is 5.56 Å². The number of hydrogen-bond acceptors (Lipinski definition) is 7. The lowest BCUT2D eigenvalue weighted by atomic mass is 9.86. The Morgan fingerprint density at radius 1 is 1.28 bits per heavy atom. The Morgan fingerprint density at radius 2 is 2.06 bits per heavy atom. The molecule has 1 unspecified atom stereocenters. The lowest BCUT2D eigenvalue weighted by Gasteiger charge is -2.31. The van der Waals surface area contributed by atoms with Crippen LogP contribution in [-0.2, 0) is 34.0 Å². The largest absolute Gasteiger partial charge is 0.508 e. The van der Waals surface area contributed by atoms with Crippen molar-refractivity contribution in [2.75, 3.05) is 0 Å². The van der Waals surface area contributed by atoms with Crippen LogP contribution in [0, 0.1) is 0 Å². The molecule has 166 valence electrons. The number of hydrogen-bond donors (Lipinski definition) is 2. The van der Waals surface area contributed by atoms with Crippen molar-refractivity contribution < 1.29 is 19.7 Å². The molecule has 7 nitrogen and oxygen atoms in total. The van der Waals surface area contributed by atoms with Gasteiger partial charge in [0, 0.05) is 27.8 Å². The fourth-order valence-corrected chi connectivity index (χ4v) is 5.30. The van der Waals surface area contributed by atoms with Gasteiger partial charge in [-0.3, -0.25) is 4.79 Å². The summed E-state index contributed by atoms with van der Waals surface area (Å²) >= 11 is 1.74. The molecular weight excluding hydrogens is 428 g/mol. The number of esters is 1. The zero-order valence-corrected chi connectivity index (χ0v) is 19.0. The molecule has 0 bridgehead atoms.